The van der Waals surface area contributed by atoms with Crippen LogP contribution in [0.1, 0.15) is 48.2 Å². The Labute approximate surface area is 131 Å². The number of amides is 1. The number of benzene rings is 1. The molecule has 0 aliphatic rings. The fraction of sp³-hybridized carbons (Fsp3) is 0.533. The lowest BCUT2D eigenvalue weighted by Gasteiger charge is -2.12. The Morgan fingerprint density at radius 2 is 1.90 bits per heavy atom. The maximum Gasteiger partial charge on any atom is 0.261 e. The van der Waals surface area contributed by atoms with Crippen LogP contribution in [0.3, 0.4) is 0 Å². The molecule has 0 radical (unpaired) electrons. The van der Waals surface area contributed by atoms with Crippen LogP contribution in [0.25, 0.3) is 0 Å². The molecule has 1 aromatic rings. The third-order valence-corrected chi connectivity index (χ3v) is 4.74. The average molecular weight is 332 g/mol. The Hall–Kier alpha value is -1.07. The molecular formula is C15H22ClNO3S. The standard InChI is InChI=1S/C15H22ClNO3S/c1-10(2)6-5-7-17-15(18)14-9-13(21(16,19)20)8-11(3)12(14)4/h8-10H,5-7H2,1-4H3,(H,17,18). The number of halogens is 1. The molecule has 21 heavy (non-hydrogen) atoms. The molecule has 1 aromatic carbocycles. The van der Waals surface area contributed by atoms with E-state index in [1.54, 1.807) is 13.8 Å². The second-order valence-electron chi connectivity index (χ2n) is 5.64. The van der Waals surface area contributed by atoms with E-state index in [0.29, 0.717) is 18.0 Å². The summed E-state index contributed by atoms with van der Waals surface area (Å²) in [5.41, 5.74) is 1.85. The smallest absolute Gasteiger partial charge is 0.261 e. The molecule has 0 saturated carbocycles. The zero-order chi connectivity index (χ0) is 16.2. The van der Waals surface area contributed by atoms with Crippen LogP contribution in [0, 0.1) is 19.8 Å². The van der Waals surface area contributed by atoms with E-state index in [-0.39, 0.29) is 10.8 Å². The van der Waals surface area contributed by atoms with Crippen LogP contribution < -0.4 is 5.32 Å². The minimum atomic E-state index is -3.84. The van der Waals surface area contributed by atoms with E-state index in [4.69, 9.17) is 10.7 Å². The first-order chi connectivity index (χ1) is 9.62. The third kappa shape index (κ3) is 5.32. The first kappa shape index (κ1) is 18.0. The summed E-state index contributed by atoms with van der Waals surface area (Å²) in [6, 6.07) is 2.82. The van der Waals surface area contributed by atoms with E-state index in [1.165, 1.54) is 12.1 Å². The molecule has 0 aliphatic heterocycles. The van der Waals surface area contributed by atoms with Gasteiger partial charge in [0, 0.05) is 22.8 Å². The van der Waals surface area contributed by atoms with Crippen molar-refractivity contribution >= 4 is 25.6 Å². The van der Waals surface area contributed by atoms with Gasteiger partial charge in [-0.25, -0.2) is 8.42 Å². The lowest BCUT2D eigenvalue weighted by Crippen LogP contribution is -2.26. The first-order valence-electron chi connectivity index (χ1n) is 6.97. The second kappa shape index (κ2) is 7.27. The van der Waals surface area contributed by atoms with Gasteiger partial charge in [-0.3, -0.25) is 4.79 Å². The molecule has 0 heterocycles. The maximum absolute atomic E-state index is 12.2. The Morgan fingerprint density at radius 3 is 2.43 bits per heavy atom. The molecule has 6 heteroatoms. The predicted molar refractivity (Wildman–Crippen MR) is 85.4 cm³/mol. The van der Waals surface area contributed by atoms with Gasteiger partial charge in [-0.05, 0) is 55.9 Å². The van der Waals surface area contributed by atoms with Crippen LogP contribution in [0.2, 0.25) is 0 Å². The molecule has 118 valence electrons. The Bertz CT molecular complexity index is 624. The minimum Gasteiger partial charge on any atom is -0.352 e. The van der Waals surface area contributed by atoms with Gasteiger partial charge in [-0.2, -0.15) is 0 Å². The Morgan fingerprint density at radius 1 is 1.29 bits per heavy atom. The van der Waals surface area contributed by atoms with Gasteiger partial charge in [0.15, 0.2) is 0 Å². The molecule has 0 aliphatic carbocycles. The molecule has 0 unspecified atom stereocenters. The van der Waals surface area contributed by atoms with Crippen molar-refractivity contribution in [2.45, 2.75) is 45.4 Å². The molecule has 1 N–H and O–H groups in total. The van der Waals surface area contributed by atoms with Crippen molar-refractivity contribution in [2.75, 3.05) is 6.54 Å². The number of carbonyl (C=O) groups is 1. The van der Waals surface area contributed by atoms with Crippen molar-refractivity contribution in [3.63, 3.8) is 0 Å². The maximum atomic E-state index is 12.2. The van der Waals surface area contributed by atoms with Gasteiger partial charge in [0.1, 0.15) is 0 Å². The summed E-state index contributed by atoms with van der Waals surface area (Å²) in [4.78, 5) is 12.2. The van der Waals surface area contributed by atoms with Gasteiger partial charge in [0.25, 0.3) is 15.0 Å². The molecule has 0 spiro atoms. The third-order valence-electron chi connectivity index (χ3n) is 3.41. The molecule has 0 fully saturated rings. The molecule has 0 atom stereocenters. The van der Waals surface area contributed by atoms with E-state index < -0.39 is 9.05 Å². The highest BCUT2D eigenvalue weighted by Crippen LogP contribution is 2.22. The van der Waals surface area contributed by atoms with Crippen LogP contribution >= 0.6 is 10.7 Å². The van der Waals surface area contributed by atoms with Gasteiger partial charge in [0.2, 0.25) is 0 Å². The highest BCUT2D eigenvalue weighted by atomic mass is 35.7. The monoisotopic (exact) mass is 331 g/mol. The van der Waals surface area contributed by atoms with Crippen LogP contribution in [-0.4, -0.2) is 20.9 Å². The van der Waals surface area contributed by atoms with E-state index >= 15 is 0 Å². The van der Waals surface area contributed by atoms with Crippen molar-refractivity contribution < 1.29 is 13.2 Å². The average Bonchev–Trinajstić information content (AvgIpc) is 2.35. The van der Waals surface area contributed by atoms with Crippen LogP contribution in [-0.2, 0) is 9.05 Å². The quantitative estimate of drug-likeness (QED) is 0.642. The fourth-order valence-electron chi connectivity index (χ4n) is 2.01. The van der Waals surface area contributed by atoms with Crippen LogP contribution in [0.5, 0.6) is 0 Å². The normalized spacial score (nSPS) is 11.7. The zero-order valence-electron chi connectivity index (χ0n) is 12.9. The molecule has 0 saturated heterocycles. The summed E-state index contributed by atoms with van der Waals surface area (Å²) in [7, 11) is 1.52. The second-order valence-corrected chi connectivity index (χ2v) is 8.21. The molecular weight excluding hydrogens is 310 g/mol. The Kier molecular flexibility index (Phi) is 6.23. The lowest BCUT2D eigenvalue weighted by atomic mass is 10.0. The van der Waals surface area contributed by atoms with E-state index in [9.17, 15) is 13.2 Å². The number of aryl methyl sites for hydroxylation is 1. The number of hydrogen-bond acceptors (Lipinski definition) is 3. The summed E-state index contributed by atoms with van der Waals surface area (Å²) >= 11 is 0. The lowest BCUT2D eigenvalue weighted by molar-refractivity contribution is 0.0951. The SMILES string of the molecule is Cc1cc(S(=O)(=O)Cl)cc(C(=O)NCCCC(C)C)c1C. The largest absolute Gasteiger partial charge is 0.352 e. The van der Waals surface area contributed by atoms with Crippen molar-refractivity contribution in [1.82, 2.24) is 5.32 Å². The van der Waals surface area contributed by atoms with Crippen LogP contribution in [0.15, 0.2) is 17.0 Å². The fourth-order valence-corrected chi connectivity index (χ4v) is 2.85. The number of carbonyl (C=O) groups excluding carboxylic acids is 1. The number of rotatable bonds is 6. The van der Waals surface area contributed by atoms with E-state index in [0.717, 1.165) is 24.0 Å². The summed E-state index contributed by atoms with van der Waals surface area (Å²) in [5, 5.41) is 2.82. The van der Waals surface area contributed by atoms with Gasteiger partial charge in [-0.1, -0.05) is 13.8 Å². The summed E-state index contributed by atoms with van der Waals surface area (Å²) in [5.74, 6) is 0.331. The topological polar surface area (TPSA) is 63.2 Å². The molecule has 0 bridgehead atoms. The molecule has 0 aromatic heterocycles. The van der Waals surface area contributed by atoms with Crippen molar-refractivity contribution in [3.8, 4) is 0 Å². The summed E-state index contributed by atoms with van der Waals surface area (Å²) in [6.07, 6.45) is 1.93. The number of nitrogens with one attached hydrogen (secondary N) is 1. The van der Waals surface area contributed by atoms with Crippen LogP contribution in [0.4, 0.5) is 0 Å². The minimum absolute atomic E-state index is 0.0420. The highest BCUT2D eigenvalue weighted by molar-refractivity contribution is 8.13. The summed E-state index contributed by atoms with van der Waals surface area (Å²) < 4.78 is 22.9. The van der Waals surface area contributed by atoms with E-state index in [1.807, 2.05) is 0 Å². The van der Waals surface area contributed by atoms with E-state index in [2.05, 4.69) is 19.2 Å². The Balaban J connectivity index is 2.91. The predicted octanol–water partition coefficient (Wildman–Crippen LogP) is 3.40. The van der Waals surface area contributed by atoms with Gasteiger partial charge < -0.3 is 5.32 Å². The molecule has 1 amide bonds. The van der Waals surface area contributed by atoms with Crippen molar-refractivity contribution in [3.05, 3.63) is 28.8 Å². The first-order valence-corrected chi connectivity index (χ1v) is 9.28. The number of hydrogen-bond donors (Lipinski definition) is 1. The van der Waals surface area contributed by atoms with Gasteiger partial charge in [0.05, 0.1) is 4.90 Å². The molecule has 4 nitrogen and oxygen atoms in total. The summed E-state index contributed by atoms with van der Waals surface area (Å²) in [6.45, 7) is 8.39. The highest BCUT2D eigenvalue weighted by Gasteiger charge is 2.17. The zero-order valence-corrected chi connectivity index (χ0v) is 14.4. The van der Waals surface area contributed by atoms with Crippen molar-refractivity contribution in [1.29, 1.82) is 0 Å². The van der Waals surface area contributed by atoms with Gasteiger partial charge in [-0.15, -0.1) is 0 Å². The molecule has 1 rings (SSSR count). The van der Waals surface area contributed by atoms with Gasteiger partial charge >= 0.3 is 0 Å². The van der Waals surface area contributed by atoms with Crippen molar-refractivity contribution in [2.24, 2.45) is 5.92 Å².